The van der Waals surface area contributed by atoms with Crippen molar-refractivity contribution in [2.24, 2.45) is 0 Å². The van der Waals surface area contributed by atoms with Crippen molar-refractivity contribution in [1.29, 1.82) is 0 Å². The average Bonchev–Trinajstić information content (AvgIpc) is 4.12. The van der Waals surface area contributed by atoms with Crippen LogP contribution in [0.5, 0.6) is 0 Å². The first-order valence-electron chi connectivity index (χ1n) is 24.6. The van der Waals surface area contributed by atoms with Crippen LogP contribution >= 0.6 is 0 Å². The van der Waals surface area contributed by atoms with E-state index in [0.717, 1.165) is 82.9 Å². The maximum Gasteiger partial charge on any atom is 0.268 e. The molecule has 4 aromatic heterocycles. The quantitative estimate of drug-likeness (QED) is 0.112. The number of imidazole rings is 1. The average molecular weight is 1050 g/mol. The fourth-order valence-corrected chi connectivity index (χ4v) is 9.26. The fraction of sp³-hybridized carbons (Fsp3) is 0.0820. The van der Waals surface area contributed by atoms with Crippen molar-refractivity contribution >= 4 is 43.8 Å². The Bertz CT molecular complexity index is 4070. The molecule has 5 nitrogen and oxygen atoms in total. The van der Waals surface area contributed by atoms with Gasteiger partial charge in [0, 0.05) is 38.2 Å². The minimum atomic E-state index is -0.443. The zero-order valence-electron chi connectivity index (χ0n) is 41.9. The summed E-state index contributed by atoms with van der Waals surface area (Å²) in [7, 11) is 0. The van der Waals surface area contributed by atoms with Crippen molar-refractivity contribution in [2.75, 3.05) is 0 Å². The molecule has 8 aromatic carbocycles. The van der Waals surface area contributed by atoms with Crippen molar-refractivity contribution in [3.05, 3.63) is 236 Å². The van der Waals surface area contributed by atoms with E-state index < -0.39 is 18.1 Å². The van der Waals surface area contributed by atoms with E-state index in [0.29, 0.717) is 29.1 Å². The third-order valence-corrected chi connectivity index (χ3v) is 12.5. The molecule has 0 fully saturated rings. The van der Waals surface area contributed by atoms with Crippen LogP contribution in [0, 0.1) is 18.5 Å². The van der Waals surface area contributed by atoms with Crippen LogP contribution < -0.4 is 4.57 Å². The van der Waals surface area contributed by atoms with E-state index in [1.165, 1.54) is 0 Å². The van der Waals surface area contributed by atoms with Crippen molar-refractivity contribution in [3.8, 4) is 50.6 Å². The van der Waals surface area contributed by atoms with Gasteiger partial charge in [0.15, 0.2) is 11.4 Å². The Labute approximate surface area is 411 Å². The van der Waals surface area contributed by atoms with Gasteiger partial charge in [0.2, 0.25) is 0 Å². The molecule has 0 spiro atoms. The van der Waals surface area contributed by atoms with Gasteiger partial charge in [-0.25, -0.2) is 4.98 Å². The van der Waals surface area contributed by atoms with Gasteiger partial charge in [0.25, 0.3) is 6.33 Å². The van der Waals surface area contributed by atoms with Gasteiger partial charge in [-0.05, 0) is 86.1 Å². The third-order valence-electron chi connectivity index (χ3n) is 12.5. The van der Waals surface area contributed by atoms with E-state index in [-0.39, 0.29) is 44.1 Å². The molecule has 0 aliphatic heterocycles. The van der Waals surface area contributed by atoms with E-state index in [4.69, 9.17) is 13.5 Å². The Morgan fingerprint density at radius 3 is 2.21 bits per heavy atom. The summed E-state index contributed by atoms with van der Waals surface area (Å²) in [5.74, 6) is 0.707. The summed E-state index contributed by atoms with van der Waals surface area (Å²) in [4.78, 5) is 4.82. The van der Waals surface area contributed by atoms with Crippen LogP contribution in [0.15, 0.2) is 205 Å². The smallest absolute Gasteiger partial charge is 0.268 e. The van der Waals surface area contributed by atoms with Gasteiger partial charge < -0.3 is 13.6 Å². The number of fused-ring (bicyclic) bond motifs is 5. The first kappa shape index (κ1) is 36.6. The number of nitrogens with zero attached hydrogens (tertiary/aromatic N) is 4. The fourth-order valence-electron chi connectivity index (χ4n) is 9.26. The van der Waals surface area contributed by atoms with Gasteiger partial charge >= 0.3 is 0 Å². The Morgan fingerprint density at radius 2 is 1.37 bits per heavy atom. The van der Waals surface area contributed by atoms with Crippen LogP contribution in [0.4, 0.5) is 0 Å². The topological polar surface area (TPSA) is 39.8 Å². The standard InChI is InChI=1S/C61H44N4O.Pt/c1-61(2,3)48-38-46(43-17-6-4-7-18-43)37-47(39-48)51-24-15-23-50(44-19-8-5-9-20-44)58(51)64-40-63(55-26-12-13-27-56(55)64)49-21-14-16-41(35-49)34-42-28-29-53-52-22-10-11-25-54(52)65(57(53)36-42)60-59-45(30-32-62-60)31-33-66-59;/h4-33,37-39H,34H2,1-3H3;/q-2;/i5D,8D,9D,19D,20D;. The summed E-state index contributed by atoms with van der Waals surface area (Å²) in [6.45, 7) is 6.59. The van der Waals surface area contributed by atoms with E-state index in [1.54, 1.807) is 6.26 Å². The second kappa shape index (κ2) is 17.0. The Hall–Kier alpha value is -7.59. The number of para-hydroxylation sites is 4. The van der Waals surface area contributed by atoms with E-state index in [1.807, 2.05) is 106 Å². The normalized spacial score (nSPS) is 12.8. The molecule has 0 aliphatic rings. The molecule has 0 atom stereocenters. The summed E-state index contributed by atoms with van der Waals surface area (Å²) >= 11 is 0. The predicted octanol–water partition coefficient (Wildman–Crippen LogP) is 14.4. The van der Waals surface area contributed by atoms with Gasteiger partial charge in [-0.15, -0.1) is 5.39 Å². The molecule has 0 aliphatic carbocycles. The van der Waals surface area contributed by atoms with Gasteiger partial charge in [-0.3, -0.25) is 4.57 Å². The second-order valence-electron chi connectivity index (χ2n) is 17.7. The molecule has 6 heteroatoms. The summed E-state index contributed by atoms with van der Waals surface area (Å²) in [5.41, 5.74) is 12.9. The Kier molecular flexibility index (Phi) is 9.29. The minimum absolute atomic E-state index is 0. The molecule has 4 heterocycles. The van der Waals surface area contributed by atoms with Crippen molar-refractivity contribution in [2.45, 2.75) is 32.6 Å². The van der Waals surface area contributed by atoms with Gasteiger partial charge in [0.05, 0.1) is 29.8 Å². The summed E-state index contributed by atoms with van der Waals surface area (Å²) in [6.07, 6.45) is 7.75. The Morgan fingerprint density at radius 1 is 0.642 bits per heavy atom. The van der Waals surface area contributed by atoms with Gasteiger partial charge in [-0.2, -0.15) is 53.6 Å². The Balaban J connectivity index is 0.00000560. The van der Waals surface area contributed by atoms with E-state index in [2.05, 4.69) is 111 Å². The number of benzene rings is 8. The van der Waals surface area contributed by atoms with Crippen LogP contribution in [0.3, 0.4) is 0 Å². The summed E-state index contributed by atoms with van der Waals surface area (Å²) in [5, 5.41) is 3.14. The molecule has 0 unspecified atom stereocenters. The molecular weight excluding hydrogens is 1000 g/mol. The van der Waals surface area contributed by atoms with Crippen LogP contribution in [-0.2, 0) is 32.9 Å². The van der Waals surface area contributed by atoms with Crippen molar-refractivity contribution < 1.29 is 36.9 Å². The number of furan rings is 1. The van der Waals surface area contributed by atoms with Crippen molar-refractivity contribution in [1.82, 2.24) is 14.1 Å². The van der Waals surface area contributed by atoms with Crippen LogP contribution in [0.25, 0.3) is 94.4 Å². The largest absolute Gasteiger partial charge is 0.460 e. The van der Waals surface area contributed by atoms with Crippen molar-refractivity contribution in [3.63, 3.8) is 0 Å². The zero-order valence-corrected chi connectivity index (χ0v) is 39.2. The SMILES string of the molecule is [2H]c1c([2H])c([2H])c(-c2cccc(-c3cc(-c4ccccc4)cc(C(C)(C)C)c3)c2-[n+]2[c-]n(-c3[c-]c(Cc4[c-]c5c(cc4)c4ccccc4n5-c4nccc5ccoc45)ccc3)c3ccccc32)c([2H])c1[2H].[Pt]. The summed E-state index contributed by atoms with van der Waals surface area (Å²) < 4.78 is 56.5. The molecule has 0 radical (unpaired) electrons. The van der Waals surface area contributed by atoms with Gasteiger partial charge in [-0.1, -0.05) is 160 Å². The molecule has 0 saturated carbocycles. The first-order chi connectivity index (χ1) is 34.4. The van der Waals surface area contributed by atoms with Crippen LogP contribution in [0.2, 0.25) is 0 Å². The second-order valence-corrected chi connectivity index (χ2v) is 17.7. The first-order valence-corrected chi connectivity index (χ1v) is 22.1. The molecule has 0 amide bonds. The summed E-state index contributed by atoms with van der Waals surface area (Å²) in [6, 6.07) is 59.0. The zero-order chi connectivity index (χ0) is 48.7. The van der Waals surface area contributed by atoms with Crippen LogP contribution in [0.1, 0.15) is 44.3 Å². The number of pyridine rings is 1. The minimum Gasteiger partial charge on any atom is -0.460 e. The van der Waals surface area contributed by atoms with Gasteiger partial charge in [0.1, 0.15) is 0 Å². The maximum absolute atomic E-state index is 9.23. The monoisotopic (exact) mass is 1050 g/mol. The molecule has 12 rings (SSSR count). The van der Waals surface area contributed by atoms with E-state index >= 15 is 0 Å². The molecule has 12 aromatic rings. The number of hydrogen-bond acceptors (Lipinski definition) is 2. The predicted molar refractivity (Wildman–Crippen MR) is 267 cm³/mol. The number of aromatic nitrogens is 4. The maximum atomic E-state index is 9.23. The molecule has 326 valence electrons. The van der Waals surface area contributed by atoms with Crippen LogP contribution in [-0.4, -0.2) is 14.1 Å². The molecule has 0 saturated heterocycles. The molecule has 0 bridgehead atoms. The molecular formula is C61H44N4OPt-2. The van der Waals surface area contributed by atoms with E-state index in [9.17, 15) is 2.74 Å². The third kappa shape index (κ3) is 7.50. The molecule has 67 heavy (non-hydrogen) atoms. The molecule has 0 N–H and O–H groups in total. The number of hydrogen-bond donors (Lipinski definition) is 0. The number of rotatable bonds is 8.